The highest BCUT2D eigenvalue weighted by Gasteiger charge is 2.47. The monoisotopic (exact) mass is 485 g/mol. The Morgan fingerprint density at radius 3 is 2.41 bits per heavy atom. The molecule has 1 aromatic heterocycles. The Morgan fingerprint density at radius 2 is 1.68 bits per heavy atom. The summed E-state index contributed by atoms with van der Waals surface area (Å²) >= 11 is 1.67. The minimum Gasteiger partial charge on any atom is -0.306 e. The van der Waals surface area contributed by atoms with Crippen molar-refractivity contribution in [3.63, 3.8) is 0 Å². The van der Waals surface area contributed by atoms with Gasteiger partial charge in [0.15, 0.2) is 5.43 Å². The molecule has 2 aliphatic rings. The summed E-state index contributed by atoms with van der Waals surface area (Å²) in [6.07, 6.45) is -3.12. The standard InChI is InChI=1S/C25H22F3N3O2S/c1-15-20(32)11-12-30-22(15)24(33)29(16(2)25(26,27)28)14-31(30)23-18-8-4-3-7-17(18)13-34-21-10-6-5-9-19(21)23/h3-12,16,23H,13-14H2,1-2H3. The van der Waals surface area contributed by atoms with Crippen LogP contribution in [-0.2, 0) is 5.75 Å². The van der Waals surface area contributed by atoms with E-state index in [9.17, 15) is 22.8 Å². The van der Waals surface area contributed by atoms with Gasteiger partial charge in [0.25, 0.3) is 5.91 Å². The summed E-state index contributed by atoms with van der Waals surface area (Å²) in [5.74, 6) is -0.0873. The number of rotatable bonds is 2. The second-order valence-electron chi connectivity index (χ2n) is 8.50. The average molecular weight is 486 g/mol. The van der Waals surface area contributed by atoms with Gasteiger partial charge in [0.1, 0.15) is 18.4 Å². The van der Waals surface area contributed by atoms with Gasteiger partial charge < -0.3 is 4.90 Å². The van der Waals surface area contributed by atoms with Crippen LogP contribution in [-0.4, -0.2) is 34.4 Å². The molecule has 0 radical (unpaired) electrons. The van der Waals surface area contributed by atoms with Gasteiger partial charge in [0.05, 0.1) is 6.04 Å². The predicted octanol–water partition coefficient (Wildman–Crippen LogP) is 4.85. The fourth-order valence-electron chi connectivity index (χ4n) is 4.62. The summed E-state index contributed by atoms with van der Waals surface area (Å²) in [6.45, 7) is 2.18. The highest BCUT2D eigenvalue weighted by molar-refractivity contribution is 7.98. The maximum absolute atomic E-state index is 13.8. The van der Waals surface area contributed by atoms with E-state index in [1.807, 2.05) is 48.5 Å². The van der Waals surface area contributed by atoms with Crippen LogP contribution in [0.5, 0.6) is 0 Å². The van der Waals surface area contributed by atoms with E-state index in [0.717, 1.165) is 39.2 Å². The van der Waals surface area contributed by atoms with Crippen molar-refractivity contribution in [2.24, 2.45) is 0 Å². The number of benzene rings is 2. The minimum absolute atomic E-state index is 0.0401. The van der Waals surface area contributed by atoms with Crippen molar-refractivity contribution in [2.75, 3.05) is 11.7 Å². The highest BCUT2D eigenvalue weighted by Crippen LogP contribution is 2.43. The van der Waals surface area contributed by atoms with Crippen LogP contribution < -0.4 is 10.4 Å². The third-order valence-electron chi connectivity index (χ3n) is 6.54. The van der Waals surface area contributed by atoms with Gasteiger partial charge in [-0.15, -0.1) is 11.8 Å². The van der Waals surface area contributed by atoms with Gasteiger partial charge in [-0.2, -0.15) is 13.2 Å². The number of hydrogen-bond acceptors (Lipinski definition) is 4. The number of aromatic nitrogens is 1. The summed E-state index contributed by atoms with van der Waals surface area (Å²) in [7, 11) is 0. The Balaban J connectivity index is 1.77. The molecule has 0 fully saturated rings. The largest absolute Gasteiger partial charge is 0.408 e. The first-order chi connectivity index (χ1) is 16.2. The Morgan fingerprint density at radius 1 is 1.00 bits per heavy atom. The quantitative estimate of drug-likeness (QED) is 0.521. The Bertz CT molecular complexity index is 1290. The predicted molar refractivity (Wildman–Crippen MR) is 124 cm³/mol. The maximum atomic E-state index is 13.8. The van der Waals surface area contributed by atoms with E-state index < -0.39 is 29.6 Å². The molecule has 9 heteroatoms. The third kappa shape index (κ3) is 3.58. The van der Waals surface area contributed by atoms with Gasteiger partial charge in [0, 0.05) is 28.5 Å². The summed E-state index contributed by atoms with van der Waals surface area (Å²) in [5.41, 5.74) is 2.66. The van der Waals surface area contributed by atoms with Gasteiger partial charge in [-0.3, -0.25) is 19.3 Å². The molecule has 0 N–H and O–H groups in total. The summed E-state index contributed by atoms with van der Waals surface area (Å²) in [4.78, 5) is 27.6. The Hall–Kier alpha value is -3.20. The second-order valence-corrected chi connectivity index (χ2v) is 9.52. The van der Waals surface area contributed by atoms with Crippen LogP contribution in [0, 0.1) is 6.92 Å². The SMILES string of the molecule is Cc1c2n(ccc1=O)N(C1c3ccccc3CSc3ccccc31)CN(C(C)C(F)(F)F)C2=O. The van der Waals surface area contributed by atoms with Crippen LogP contribution in [0.4, 0.5) is 13.2 Å². The maximum Gasteiger partial charge on any atom is 0.408 e. The molecular weight excluding hydrogens is 463 g/mol. The van der Waals surface area contributed by atoms with Gasteiger partial charge in [-0.25, -0.2) is 0 Å². The van der Waals surface area contributed by atoms with Crippen molar-refractivity contribution >= 4 is 17.7 Å². The van der Waals surface area contributed by atoms with Crippen LogP contribution in [0.3, 0.4) is 0 Å². The molecule has 5 rings (SSSR count). The molecule has 3 heterocycles. The Labute approximate surface area is 198 Å². The zero-order chi connectivity index (χ0) is 24.2. The van der Waals surface area contributed by atoms with Gasteiger partial charge in [0.2, 0.25) is 0 Å². The highest BCUT2D eigenvalue weighted by atomic mass is 32.2. The van der Waals surface area contributed by atoms with E-state index in [4.69, 9.17) is 0 Å². The van der Waals surface area contributed by atoms with Crippen LogP contribution in [0.2, 0.25) is 0 Å². The molecule has 3 aromatic rings. The number of amides is 1. The second kappa shape index (κ2) is 8.23. The van der Waals surface area contributed by atoms with Gasteiger partial charge in [-0.1, -0.05) is 42.5 Å². The van der Waals surface area contributed by atoms with Crippen molar-refractivity contribution in [1.29, 1.82) is 0 Å². The summed E-state index contributed by atoms with van der Waals surface area (Å²) in [5, 5.41) is 1.76. The molecule has 0 saturated heterocycles. The number of alkyl halides is 3. The lowest BCUT2D eigenvalue weighted by Crippen LogP contribution is -2.60. The molecule has 0 spiro atoms. The fourth-order valence-corrected chi connectivity index (χ4v) is 5.71. The van der Waals surface area contributed by atoms with Gasteiger partial charge in [-0.05, 0) is 36.6 Å². The van der Waals surface area contributed by atoms with Crippen molar-refractivity contribution in [3.8, 4) is 0 Å². The molecule has 176 valence electrons. The molecule has 34 heavy (non-hydrogen) atoms. The van der Waals surface area contributed by atoms with Crippen LogP contribution in [0.1, 0.15) is 45.7 Å². The molecule has 1 amide bonds. The first-order valence-electron chi connectivity index (χ1n) is 10.8. The first-order valence-corrected chi connectivity index (χ1v) is 11.8. The van der Waals surface area contributed by atoms with E-state index in [1.54, 1.807) is 21.4 Å². The van der Waals surface area contributed by atoms with Crippen molar-refractivity contribution in [2.45, 2.75) is 42.8 Å². The first kappa shape index (κ1) is 22.6. The molecule has 2 unspecified atom stereocenters. The molecule has 5 nitrogen and oxygen atoms in total. The fraction of sp³-hybridized carbons (Fsp3) is 0.280. The number of carbonyl (C=O) groups is 1. The van der Waals surface area contributed by atoms with Crippen molar-refractivity contribution in [3.05, 3.63) is 99.0 Å². The number of pyridine rings is 1. The Kier molecular flexibility index (Phi) is 5.47. The summed E-state index contributed by atoms with van der Waals surface area (Å²) < 4.78 is 42.9. The number of nitrogens with zero attached hydrogens (tertiary/aromatic N) is 3. The van der Waals surface area contributed by atoms with E-state index >= 15 is 0 Å². The number of carbonyl (C=O) groups excluding carboxylic acids is 1. The average Bonchev–Trinajstić information content (AvgIpc) is 2.97. The molecule has 0 aliphatic carbocycles. The molecule has 0 bridgehead atoms. The van der Waals surface area contributed by atoms with Crippen molar-refractivity contribution < 1.29 is 18.0 Å². The van der Waals surface area contributed by atoms with Crippen LogP contribution >= 0.6 is 11.8 Å². The van der Waals surface area contributed by atoms with E-state index in [1.165, 1.54) is 19.2 Å². The molecule has 2 aromatic carbocycles. The molecule has 2 atom stereocenters. The summed E-state index contributed by atoms with van der Waals surface area (Å²) in [6, 6.07) is 14.5. The van der Waals surface area contributed by atoms with E-state index in [-0.39, 0.29) is 17.9 Å². The number of hydrogen-bond donors (Lipinski definition) is 0. The lowest BCUT2D eigenvalue weighted by molar-refractivity contribution is -0.173. The lowest BCUT2D eigenvalue weighted by Gasteiger charge is -2.46. The smallest absolute Gasteiger partial charge is 0.306 e. The van der Waals surface area contributed by atoms with Crippen LogP contribution in [0.25, 0.3) is 0 Å². The third-order valence-corrected chi connectivity index (χ3v) is 7.68. The van der Waals surface area contributed by atoms with E-state index in [0.29, 0.717) is 0 Å². The minimum atomic E-state index is -4.61. The zero-order valence-corrected chi connectivity index (χ0v) is 19.4. The zero-order valence-electron chi connectivity index (χ0n) is 18.5. The topological polar surface area (TPSA) is 45.6 Å². The lowest BCUT2D eigenvalue weighted by atomic mass is 9.94. The molecular formula is C25H22F3N3O2S. The number of halogens is 3. The van der Waals surface area contributed by atoms with Crippen LogP contribution in [0.15, 0.2) is 70.5 Å². The molecule has 0 saturated carbocycles. The molecule has 2 aliphatic heterocycles. The number of thioether (sulfide) groups is 1. The van der Waals surface area contributed by atoms with Crippen molar-refractivity contribution in [1.82, 2.24) is 9.58 Å². The van der Waals surface area contributed by atoms with E-state index in [2.05, 4.69) is 0 Å². The number of fused-ring (bicyclic) bond motifs is 3. The normalized spacial score (nSPS) is 18.6. The van der Waals surface area contributed by atoms with Gasteiger partial charge >= 0.3 is 6.18 Å².